The molecule has 3 atom stereocenters. The van der Waals surface area contributed by atoms with E-state index in [2.05, 4.69) is 31.3 Å². The van der Waals surface area contributed by atoms with Gasteiger partial charge in [0.2, 0.25) is 5.91 Å². The number of unbranched alkanes of at least 4 members (excludes halogenated alkanes) is 23. The second kappa shape index (κ2) is 32.3. The molecule has 0 saturated carbocycles. The van der Waals surface area contributed by atoms with Crippen molar-refractivity contribution in [2.45, 2.75) is 205 Å². The molecule has 46 heavy (non-hydrogen) atoms. The van der Waals surface area contributed by atoms with Gasteiger partial charge in [0.05, 0.1) is 17.9 Å². The number of carbonyl (C=O) groups is 1. The minimum Gasteiger partial charge on any atom is -0.387 e. The Morgan fingerprint density at radius 1 is 0.587 bits per heavy atom. The van der Waals surface area contributed by atoms with Gasteiger partial charge in [-0.2, -0.15) is 8.42 Å². The molecule has 0 aromatic rings. The van der Waals surface area contributed by atoms with Crippen LogP contribution in [0.1, 0.15) is 187 Å². The summed E-state index contributed by atoms with van der Waals surface area (Å²) in [5, 5.41) is 23.3. The average molecular weight is 672 g/mol. The molecule has 0 bridgehead atoms. The number of aliphatic hydroxyl groups excluding tert-OH is 2. The van der Waals surface area contributed by atoms with Gasteiger partial charge < -0.3 is 15.5 Å². The third-order valence-electron chi connectivity index (χ3n) is 8.73. The monoisotopic (exact) mass is 672 g/mol. The van der Waals surface area contributed by atoms with Crippen molar-refractivity contribution in [1.29, 1.82) is 0 Å². The molecule has 0 spiro atoms. The third-order valence-corrected chi connectivity index (χ3v) is 9.51. The fourth-order valence-corrected chi connectivity index (χ4v) is 6.48. The molecule has 1 amide bonds. The van der Waals surface area contributed by atoms with Crippen LogP contribution < -0.4 is 5.32 Å². The van der Waals surface area contributed by atoms with Crippen LogP contribution in [-0.2, 0) is 14.9 Å². The predicted molar refractivity (Wildman–Crippen MR) is 195 cm³/mol. The molecule has 0 aliphatic heterocycles. The lowest BCUT2D eigenvalue weighted by Gasteiger charge is -2.22. The molecule has 0 aromatic heterocycles. The molecule has 0 fully saturated rings. The van der Waals surface area contributed by atoms with E-state index in [4.69, 9.17) is 0 Å². The highest BCUT2D eigenvalue weighted by molar-refractivity contribution is 7.85. The number of amides is 1. The largest absolute Gasteiger partial charge is 0.387 e. The van der Waals surface area contributed by atoms with E-state index < -0.39 is 40.0 Å². The van der Waals surface area contributed by atoms with Crippen LogP contribution >= 0.6 is 0 Å². The van der Waals surface area contributed by atoms with Crippen molar-refractivity contribution in [3.63, 3.8) is 0 Å². The van der Waals surface area contributed by atoms with Crippen LogP contribution in [0.25, 0.3) is 0 Å². The summed E-state index contributed by atoms with van der Waals surface area (Å²) in [5.41, 5.74) is 0. The Morgan fingerprint density at radius 2 is 0.957 bits per heavy atom. The molecular formula is C38H73NO6S. The number of rotatable bonds is 34. The minimum absolute atomic E-state index is 0.274. The molecule has 0 radical (unpaired) electrons. The van der Waals surface area contributed by atoms with E-state index >= 15 is 0 Å². The molecule has 0 aromatic carbocycles. The van der Waals surface area contributed by atoms with Crippen molar-refractivity contribution in [2.24, 2.45) is 0 Å². The normalized spacial score (nSPS) is 14.3. The number of nitrogens with one attached hydrogen (secondary N) is 1. The van der Waals surface area contributed by atoms with Crippen molar-refractivity contribution in [2.75, 3.05) is 5.75 Å². The molecule has 0 aliphatic rings. The summed E-state index contributed by atoms with van der Waals surface area (Å²) < 4.78 is 32.4. The van der Waals surface area contributed by atoms with Gasteiger partial charge in [0.15, 0.2) is 0 Å². The predicted octanol–water partition coefficient (Wildman–Crippen LogP) is 9.77. The van der Waals surface area contributed by atoms with E-state index in [0.29, 0.717) is 6.42 Å². The number of allylic oxidation sites excluding steroid dienone is 3. The van der Waals surface area contributed by atoms with Crippen molar-refractivity contribution < 1.29 is 28.0 Å². The van der Waals surface area contributed by atoms with Crippen LogP contribution in [-0.4, -0.2) is 53.1 Å². The average Bonchev–Trinajstić information content (AvgIpc) is 3.01. The van der Waals surface area contributed by atoms with Gasteiger partial charge in [0.1, 0.15) is 6.10 Å². The number of hydrogen-bond acceptors (Lipinski definition) is 5. The van der Waals surface area contributed by atoms with Gasteiger partial charge in [-0.05, 0) is 44.9 Å². The molecule has 7 nitrogen and oxygen atoms in total. The Bertz CT molecular complexity index is 844. The summed E-state index contributed by atoms with van der Waals surface area (Å²) in [6, 6.07) is -1.23. The Morgan fingerprint density at radius 3 is 1.37 bits per heavy atom. The maximum Gasteiger partial charge on any atom is 0.267 e. The lowest BCUT2D eigenvalue weighted by Crippen LogP contribution is -2.50. The van der Waals surface area contributed by atoms with Crippen LogP contribution in [0.2, 0.25) is 0 Å². The summed E-state index contributed by atoms with van der Waals surface area (Å²) in [6.45, 7) is 4.48. The van der Waals surface area contributed by atoms with E-state index in [1.54, 1.807) is 6.08 Å². The smallest absolute Gasteiger partial charge is 0.267 e. The van der Waals surface area contributed by atoms with Gasteiger partial charge in [-0.1, -0.05) is 167 Å². The van der Waals surface area contributed by atoms with Crippen molar-refractivity contribution in [3.05, 3.63) is 24.3 Å². The number of hydrogen-bond donors (Lipinski definition) is 4. The Kier molecular flexibility index (Phi) is 31.5. The Labute approximate surface area is 284 Å². The molecule has 0 rings (SSSR count). The molecule has 0 aliphatic carbocycles. The quantitative estimate of drug-likeness (QED) is 0.0307. The SMILES string of the molecule is CCCCCCCC/C=C\CCCCCCCCC(O)C(=O)NC(CS(=O)(=O)O)C(O)/C=C/CCCCCCCCCCCCC. The highest BCUT2D eigenvalue weighted by Crippen LogP contribution is 2.14. The first-order valence-electron chi connectivity index (χ1n) is 19.1. The van der Waals surface area contributed by atoms with Crippen molar-refractivity contribution >= 4 is 16.0 Å². The van der Waals surface area contributed by atoms with Gasteiger partial charge in [-0.3, -0.25) is 9.35 Å². The number of carbonyl (C=O) groups excluding carboxylic acids is 1. The molecule has 0 heterocycles. The van der Waals surface area contributed by atoms with E-state index in [-0.39, 0.29) is 6.42 Å². The standard InChI is InChI=1S/C38H73NO6S/c1-3-5-7-9-11-13-15-17-18-19-21-23-25-27-29-31-33-37(41)38(42)39-35(34-46(43,44)45)36(40)32-30-28-26-24-22-20-16-14-12-10-8-6-4-2/h17-18,30,32,35-37,40-41H,3-16,19-29,31,33-34H2,1-2H3,(H,39,42)(H,43,44,45)/b18-17-,32-30+. The van der Waals surface area contributed by atoms with Crippen LogP contribution in [0.4, 0.5) is 0 Å². The summed E-state index contributed by atoms with van der Waals surface area (Å²) in [4.78, 5) is 12.5. The minimum atomic E-state index is -4.44. The second-order valence-corrected chi connectivity index (χ2v) is 14.8. The first-order valence-corrected chi connectivity index (χ1v) is 20.8. The first-order chi connectivity index (χ1) is 22.2. The van der Waals surface area contributed by atoms with Gasteiger partial charge in [0, 0.05) is 0 Å². The first kappa shape index (κ1) is 44.8. The fourth-order valence-electron chi connectivity index (χ4n) is 5.74. The van der Waals surface area contributed by atoms with E-state index in [1.807, 2.05) is 0 Å². The molecule has 8 heteroatoms. The number of aliphatic hydroxyl groups is 2. The van der Waals surface area contributed by atoms with Crippen molar-refractivity contribution in [1.82, 2.24) is 5.32 Å². The highest BCUT2D eigenvalue weighted by atomic mass is 32.2. The fraction of sp³-hybridized carbons (Fsp3) is 0.868. The zero-order valence-electron chi connectivity index (χ0n) is 29.8. The van der Waals surface area contributed by atoms with Crippen LogP contribution in [0, 0.1) is 0 Å². The second-order valence-electron chi connectivity index (χ2n) is 13.3. The topological polar surface area (TPSA) is 124 Å². The molecule has 4 N–H and O–H groups in total. The van der Waals surface area contributed by atoms with Gasteiger partial charge in [0.25, 0.3) is 10.1 Å². The molecule has 0 saturated heterocycles. The zero-order chi connectivity index (χ0) is 34.1. The zero-order valence-corrected chi connectivity index (χ0v) is 30.6. The lowest BCUT2D eigenvalue weighted by atomic mass is 10.0. The van der Waals surface area contributed by atoms with E-state index in [9.17, 15) is 28.0 Å². The third kappa shape index (κ3) is 31.4. The summed E-state index contributed by atoms with van der Waals surface area (Å²) in [6.07, 6.45) is 36.5. The Balaban J connectivity index is 4.09. The highest BCUT2D eigenvalue weighted by Gasteiger charge is 2.27. The molecular weight excluding hydrogens is 598 g/mol. The van der Waals surface area contributed by atoms with Gasteiger partial charge in [-0.15, -0.1) is 0 Å². The molecule has 272 valence electrons. The summed E-state index contributed by atoms with van der Waals surface area (Å²) in [5.74, 6) is -1.54. The lowest BCUT2D eigenvalue weighted by molar-refractivity contribution is -0.130. The van der Waals surface area contributed by atoms with E-state index in [1.165, 1.54) is 122 Å². The van der Waals surface area contributed by atoms with Crippen LogP contribution in [0.3, 0.4) is 0 Å². The summed E-state index contributed by atoms with van der Waals surface area (Å²) in [7, 11) is -4.44. The molecule has 3 unspecified atom stereocenters. The maximum absolute atomic E-state index is 12.5. The van der Waals surface area contributed by atoms with Crippen LogP contribution in [0.5, 0.6) is 0 Å². The Hall–Kier alpha value is -1.22. The summed E-state index contributed by atoms with van der Waals surface area (Å²) >= 11 is 0. The van der Waals surface area contributed by atoms with E-state index in [0.717, 1.165) is 44.9 Å². The maximum atomic E-state index is 12.5. The van der Waals surface area contributed by atoms with Crippen molar-refractivity contribution in [3.8, 4) is 0 Å². The van der Waals surface area contributed by atoms with Gasteiger partial charge >= 0.3 is 0 Å². The van der Waals surface area contributed by atoms with Crippen LogP contribution in [0.15, 0.2) is 24.3 Å². The van der Waals surface area contributed by atoms with Gasteiger partial charge in [-0.25, -0.2) is 0 Å².